The lowest BCUT2D eigenvalue weighted by atomic mass is 9.96. The van der Waals surface area contributed by atoms with Gasteiger partial charge in [-0.25, -0.2) is 8.42 Å². The molecule has 3 aromatic rings. The number of hydrogen-bond donors (Lipinski definition) is 0. The molecule has 1 heterocycles. The lowest BCUT2D eigenvalue weighted by Gasteiger charge is -2.30. The number of rotatable bonds is 6. The number of fused-ring (bicyclic) bond motifs is 1. The van der Waals surface area contributed by atoms with Gasteiger partial charge in [0.25, 0.3) is 5.91 Å². The zero-order chi connectivity index (χ0) is 24.3. The Balaban J connectivity index is 1.62. The predicted octanol–water partition coefficient (Wildman–Crippen LogP) is 4.04. The highest BCUT2D eigenvalue weighted by Crippen LogP contribution is 2.27. The second-order valence-electron chi connectivity index (χ2n) is 8.26. The van der Waals surface area contributed by atoms with Crippen LogP contribution in [0.2, 0.25) is 0 Å². The number of sulfonamides is 1. The average Bonchev–Trinajstić information content (AvgIpc) is 3.20. The fourth-order valence-corrected chi connectivity index (χ4v) is 6.71. The molecule has 1 aliphatic rings. The van der Waals surface area contributed by atoms with E-state index in [2.05, 4.69) is 10.9 Å². The minimum atomic E-state index is -3.62. The molecule has 1 amide bonds. The molecule has 0 saturated heterocycles. The van der Waals surface area contributed by atoms with Crippen LogP contribution in [0.5, 0.6) is 5.75 Å². The number of nitrogens with zero attached hydrogens (tertiary/aromatic N) is 3. The quantitative estimate of drug-likeness (QED) is 0.482. The first-order chi connectivity index (χ1) is 16.3. The number of hydrogen-bond acceptors (Lipinski definition) is 5. The SMILES string of the molecule is C#CCn1c(=NC(=O)c2ccc(S(=O)(=O)N(C)C3CCCCC3)cc2)sc2cc(OC)ccc21. The van der Waals surface area contributed by atoms with Crippen molar-refractivity contribution in [2.75, 3.05) is 14.2 Å². The predicted molar refractivity (Wildman–Crippen MR) is 133 cm³/mol. The molecule has 0 bridgehead atoms. The second kappa shape index (κ2) is 10.1. The number of benzene rings is 2. The third-order valence-electron chi connectivity index (χ3n) is 6.20. The third-order valence-corrected chi connectivity index (χ3v) is 9.17. The van der Waals surface area contributed by atoms with E-state index < -0.39 is 15.9 Å². The molecule has 0 spiro atoms. The first-order valence-electron chi connectivity index (χ1n) is 11.1. The Bertz CT molecular complexity index is 1410. The van der Waals surface area contributed by atoms with Gasteiger partial charge in [0, 0.05) is 18.7 Å². The van der Waals surface area contributed by atoms with E-state index in [1.165, 1.54) is 39.9 Å². The van der Waals surface area contributed by atoms with Gasteiger partial charge in [-0.1, -0.05) is 36.5 Å². The Hall–Kier alpha value is -2.93. The van der Waals surface area contributed by atoms with E-state index >= 15 is 0 Å². The number of ether oxygens (including phenoxy) is 1. The molecule has 0 unspecified atom stereocenters. The van der Waals surface area contributed by atoms with Gasteiger partial charge in [0.1, 0.15) is 5.75 Å². The number of methoxy groups -OCH3 is 1. The molecule has 1 aliphatic carbocycles. The molecule has 4 rings (SSSR count). The average molecular weight is 498 g/mol. The maximum atomic E-state index is 13.1. The van der Waals surface area contributed by atoms with Crippen LogP contribution in [-0.2, 0) is 16.6 Å². The number of amides is 1. The number of carbonyl (C=O) groups excluding carboxylic acids is 1. The molecule has 34 heavy (non-hydrogen) atoms. The fourth-order valence-electron chi connectivity index (χ4n) is 4.24. The van der Waals surface area contributed by atoms with E-state index in [-0.39, 0.29) is 17.5 Å². The molecule has 1 fully saturated rings. The zero-order valence-electron chi connectivity index (χ0n) is 19.2. The summed E-state index contributed by atoms with van der Waals surface area (Å²) >= 11 is 1.34. The summed E-state index contributed by atoms with van der Waals surface area (Å²) in [5, 5.41) is 0. The molecule has 9 heteroatoms. The normalized spacial score (nSPS) is 15.5. The lowest BCUT2D eigenvalue weighted by Crippen LogP contribution is -2.38. The summed E-state index contributed by atoms with van der Waals surface area (Å²) in [6, 6.07) is 11.6. The molecule has 7 nitrogen and oxygen atoms in total. The van der Waals surface area contributed by atoms with Crippen LogP contribution in [0.4, 0.5) is 0 Å². The van der Waals surface area contributed by atoms with Crippen LogP contribution < -0.4 is 9.54 Å². The van der Waals surface area contributed by atoms with Crippen molar-refractivity contribution in [2.24, 2.45) is 4.99 Å². The molecular formula is C25H27N3O4S2. The summed E-state index contributed by atoms with van der Waals surface area (Å²) in [4.78, 5) is 17.8. The van der Waals surface area contributed by atoms with Crippen LogP contribution in [0.15, 0.2) is 52.4 Å². The van der Waals surface area contributed by atoms with E-state index in [0.29, 0.717) is 16.1 Å². The highest BCUT2D eigenvalue weighted by Gasteiger charge is 2.29. The van der Waals surface area contributed by atoms with E-state index in [9.17, 15) is 13.2 Å². The van der Waals surface area contributed by atoms with Crippen LogP contribution in [0.1, 0.15) is 42.5 Å². The van der Waals surface area contributed by atoms with Crippen molar-refractivity contribution in [2.45, 2.75) is 49.6 Å². The van der Waals surface area contributed by atoms with Gasteiger partial charge in [0.05, 0.1) is 28.8 Å². The Labute approximate surface area is 203 Å². The molecule has 1 aromatic heterocycles. The van der Waals surface area contributed by atoms with Crippen LogP contribution >= 0.6 is 11.3 Å². The van der Waals surface area contributed by atoms with Gasteiger partial charge in [-0.05, 0) is 55.3 Å². The van der Waals surface area contributed by atoms with Crippen molar-refractivity contribution < 1.29 is 17.9 Å². The summed E-state index contributed by atoms with van der Waals surface area (Å²) < 4.78 is 35.6. The van der Waals surface area contributed by atoms with Crippen molar-refractivity contribution in [1.82, 2.24) is 8.87 Å². The van der Waals surface area contributed by atoms with Crippen molar-refractivity contribution in [3.05, 3.63) is 52.8 Å². The molecule has 0 aliphatic heterocycles. The van der Waals surface area contributed by atoms with Gasteiger partial charge in [-0.3, -0.25) is 4.79 Å². The highest BCUT2D eigenvalue weighted by atomic mass is 32.2. The Morgan fingerprint density at radius 2 is 1.91 bits per heavy atom. The topological polar surface area (TPSA) is 81.0 Å². The summed E-state index contributed by atoms with van der Waals surface area (Å²) in [6.45, 7) is 0.267. The first kappa shape index (κ1) is 24.2. The van der Waals surface area contributed by atoms with Crippen LogP contribution in [-0.4, -0.2) is 43.4 Å². The van der Waals surface area contributed by atoms with Crippen molar-refractivity contribution >= 4 is 37.5 Å². The van der Waals surface area contributed by atoms with Crippen molar-refractivity contribution in [1.29, 1.82) is 0 Å². The summed E-state index contributed by atoms with van der Waals surface area (Å²) in [6.07, 6.45) is 10.5. The summed E-state index contributed by atoms with van der Waals surface area (Å²) in [5.74, 6) is 2.84. The van der Waals surface area contributed by atoms with E-state index in [1.54, 1.807) is 18.7 Å². The monoisotopic (exact) mass is 497 g/mol. The maximum absolute atomic E-state index is 13.1. The zero-order valence-corrected chi connectivity index (χ0v) is 20.9. The third kappa shape index (κ3) is 4.80. The standard InChI is InChI=1S/C25H27N3O4S2/c1-4-16-28-22-15-12-20(32-3)17-23(22)33-25(28)26-24(29)18-10-13-21(14-11-18)34(30,31)27(2)19-8-6-5-7-9-19/h1,10-15,17,19H,5-9,16H2,2-3H3. The van der Waals surface area contributed by atoms with Gasteiger partial charge >= 0.3 is 0 Å². The van der Waals surface area contributed by atoms with Gasteiger partial charge in [0.2, 0.25) is 10.0 Å². The minimum absolute atomic E-state index is 0.0215. The molecule has 2 aromatic carbocycles. The maximum Gasteiger partial charge on any atom is 0.279 e. The molecule has 1 saturated carbocycles. The van der Waals surface area contributed by atoms with E-state index in [0.717, 1.165) is 42.3 Å². The Morgan fingerprint density at radius 3 is 2.56 bits per heavy atom. The largest absolute Gasteiger partial charge is 0.497 e. The van der Waals surface area contributed by atoms with Crippen LogP contribution in [0.3, 0.4) is 0 Å². The molecular weight excluding hydrogens is 470 g/mol. The van der Waals surface area contributed by atoms with Crippen LogP contribution in [0, 0.1) is 12.3 Å². The van der Waals surface area contributed by atoms with E-state index in [1.807, 2.05) is 18.2 Å². The lowest BCUT2D eigenvalue weighted by molar-refractivity contribution is 0.0997. The molecule has 0 radical (unpaired) electrons. The van der Waals surface area contributed by atoms with E-state index in [4.69, 9.17) is 11.2 Å². The van der Waals surface area contributed by atoms with Gasteiger partial charge < -0.3 is 9.30 Å². The first-order valence-corrected chi connectivity index (χ1v) is 13.4. The van der Waals surface area contributed by atoms with Gasteiger partial charge in [0.15, 0.2) is 4.80 Å². The number of aromatic nitrogens is 1. The molecule has 0 N–H and O–H groups in total. The van der Waals surface area contributed by atoms with Crippen LogP contribution in [0.25, 0.3) is 10.2 Å². The van der Waals surface area contributed by atoms with Crippen molar-refractivity contribution in [3.8, 4) is 18.1 Å². The number of carbonyl (C=O) groups is 1. The van der Waals surface area contributed by atoms with Crippen molar-refractivity contribution in [3.63, 3.8) is 0 Å². The number of terminal acetylenes is 1. The van der Waals surface area contributed by atoms with Gasteiger partial charge in [-0.15, -0.1) is 6.42 Å². The second-order valence-corrected chi connectivity index (χ2v) is 11.3. The smallest absolute Gasteiger partial charge is 0.279 e. The van der Waals surface area contributed by atoms with Gasteiger partial charge in [-0.2, -0.15) is 9.30 Å². The molecule has 178 valence electrons. The fraction of sp³-hybridized carbons (Fsp3) is 0.360. The highest BCUT2D eigenvalue weighted by molar-refractivity contribution is 7.89. The number of thiazole rings is 1. The summed E-state index contributed by atoms with van der Waals surface area (Å²) in [5.41, 5.74) is 1.17. The Morgan fingerprint density at radius 1 is 1.21 bits per heavy atom. The summed E-state index contributed by atoms with van der Waals surface area (Å²) in [7, 11) is -0.390. The Kier molecular flexibility index (Phi) is 7.22. The minimum Gasteiger partial charge on any atom is -0.497 e. The molecule has 0 atom stereocenters.